The minimum Gasteiger partial charge on any atom is -0.497 e. The van der Waals surface area contributed by atoms with Crippen LogP contribution < -0.4 is 15.0 Å². The lowest BCUT2D eigenvalue weighted by atomic mass is 10.1. The molecule has 0 radical (unpaired) electrons. The van der Waals surface area contributed by atoms with E-state index in [4.69, 9.17) is 9.47 Å². The predicted molar refractivity (Wildman–Crippen MR) is 112 cm³/mol. The molecule has 3 rings (SSSR count). The van der Waals surface area contributed by atoms with Gasteiger partial charge in [0.05, 0.1) is 19.0 Å². The van der Waals surface area contributed by atoms with Crippen LogP contribution in [0, 0.1) is 0 Å². The van der Waals surface area contributed by atoms with Gasteiger partial charge in [-0.2, -0.15) is 0 Å². The van der Waals surface area contributed by atoms with Crippen molar-refractivity contribution < 1.29 is 14.3 Å². The minimum absolute atomic E-state index is 0.0495. The Hall–Kier alpha value is -2.71. The molecule has 0 aliphatic carbocycles. The number of fused-ring (bicyclic) bond motifs is 1. The predicted octanol–water partition coefficient (Wildman–Crippen LogP) is 2.96. The van der Waals surface area contributed by atoms with Crippen LogP contribution in [0.2, 0.25) is 0 Å². The number of carbonyl (C=O) groups excluding carboxylic acids is 1. The van der Waals surface area contributed by atoms with E-state index >= 15 is 0 Å². The molecule has 0 bridgehead atoms. The van der Waals surface area contributed by atoms with E-state index in [0.29, 0.717) is 13.2 Å². The highest BCUT2D eigenvalue weighted by Crippen LogP contribution is 2.37. The number of benzene rings is 1. The first-order valence-electron chi connectivity index (χ1n) is 8.97. The summed E-state index contributed by atoms with van der Waals surface area (Å²) in [7, 11) is 5.17. The summed E-state index contributed by atoms with van der Waals surface area (Å²) in [5.74, 6) is 1.50. The molecule has 148 valence electrons. The van der Waals surface area contributed by atoms with E-state index in [-0.39, 0.29) is 12.5 Å². The van der Waals surface area contributed by atoms with E-state index in [1.807, 2.05) is 36.2 Å². The monoisotopic (exact) mass is 400 g/mol. The minimum atomic E-state index is -0.0495. The average molecular weight is 401 g/mol. The largest absolute Gasteiger partial charge is 0.497 e. The van der Waals surface area contributed by atoms with E-state index in [1.54, 1.807) is 31.9 Å². The first-order valence-corrected chi connectivity index (χ1v) is 9.85. The zero-order chi connectivity index (χ0) is 19.9. The fraction of sp³-hybridized carbons (Fsp3) is 0.350. The summed E-state index contributed by atoms with van der Waals surface area (Å²) in [6.07, 6.45) is 2.33. The molecule has 1 N–H and O–H groups in total. The van der Waals surface area contributed by atoms with Gasteiger partial charge in [-0.3, -0.25) is 4.79 Å². The lowest BCUT2D eigenvalue weighted by Gasteiger charge is -2.19. The highest BCUT2D eigenvalue weighted by molar-refractivity contribution is 7.17. The van der Waals surface area contributed by atoms with Gasteiger partial charge in [0.15, 0.2) is 0 Å². The smallest absolute Gasteiger partial charge is 0.239 e. The number of nitrogens with zero attached hydrogens (tertiary/aromatic N) is 3. The van der Waals surface area contributed by atoms with Crippen molar-refractivity contribution in [3.05, 3.63) is 36.0 Å². The van der Waals surface area contributed by atoms with Gasteiger partial charge < -0.3 is 19.7 Å². The molecule has 1 aromatic carbocycles. The number of methoxy groups -OCH3 is 2. The van der Waals surface area contributed by atoms with Crippen LogP contribution in [0.15, 0.2) is 36.0 Å². The first-order chi connectivity index (χ1) is 13.6. The average Bonchev–Trinajstić information content (AvgIpc) is 3.15. The molecule has 0 unspecified atom stereocenters. The maximum atomic E-state index is 12.2. The number of carbonyl (C=O) groups is 1. The van der Waals surface area contributed by atoms with Gasteiger partial charge >= 0.3 is 0 Å². The van der Waals surface area contributed by atoms with Crippen LogP contribution in [0.25, 0.3) is 21.3 Å². The molecule has 0 fully saturated rings. The van der Waals surface area contributed by atoms with Gasteiger partial charge in [-0.05, 0) is 24.1 Å². The Kier molecular flexibility index (Phi) is 6.78. The third-order valence-electron chi connectivity index (χ3n) is 4.34. The number of nitrogens with one attached hydrogen (secondary N) is 1. The summed E-state index contributed by atoms with van der Waals surface area (Å²) in [5.41, 5.74) is 2.10. The highest BCUT2D eigenvalue weighted by Gasteiger charge is 2.17. The molecule has 3 aromatic rings. The van der Waals surface area contributed by atoms with Gasteiger partial charge in [0.1, 0.15) is 22.7 Å². The molecular formula is C20H24N4O3S. The van der Waals surface area contributed by atoms with E-state index in [2.05, 4.69) is 20.7 Å². The molecule has 0 aliphatic heterocycles. The molecule has 2 heterocycles. The zero-order valence-electron chi connectivity index (χ0n) is 16.3. The van der Waals surface area contributed by atoms with Crippen LogP contribution in [-0.4, -0.2) is 56.8 Å². The summed E-state index contributed by atoms with van der Waals surface area (Å²) in [6.45, 7) is 1.44. The number of aromatic nitrogens is 2. The second kappa shape index (κ2) is 9.48. The normalized spacial score (nSPS) is 10.8. The van der Waals surface area contributed by atoms with Crippen molar-refractivity contribution in [1.82, 2.24) is 15.3 Å². The lowest BCUT2D eigenvalue weighted by Crippen LogP contribution is -2.36. The van der Waals surface area contributed by atoms with Crippen molar-refractivity contribution in [1.29, 1.82) is 0 Å². The summed E-state index contributed by atoms with van der Waals surface area (Å²) in [6, 6.07) is 7.89. The fourth-order valence-electron chi connectivity index (χ4n) is 2.92. The fourth-order valence-corrected chi connectivity index (χ4v) is 3.83. The Bertz CT molecular complexity index is 927. The number of ether oxygens (including phenoxy) is 2. The number of likely N-dealkylation sites (N-methyl/N-ethyl adjacent to an activating group) is 1. The number of anilines is 1. The molecule has 0 saturated heterocycles. The van der Waals surface area contributed by atoms with Crippen molar-refractivity contribution >= 4 is 33.3 Å². The van der Waals surface area contributed by atoms with E-state index in [9.17, 15) is 4.79 Å². The highest BCUT2D eigenvalue weighted by atomic mass is 32.1. The quantitative estimate of drug-likeness (QED) is 0.557. The second-order valence-electron chi connectivity index (χ2n) is 6.31. The molecule has 28 heavy (non-hydrogen) atoms. The molecule has 8 heteroatoms. The van der Waals surface area contributed by atoms with Gasteiger partial charge in [0.2, 0.25) is 5.91 Å². The number of hydrogen-bond acceptors (Lipinski definition) is 7. The van der Waals surface area contributed by atoms with E-state index in [1.165, 1.54) is 0 Å². The van der Waals surface area contributed by atoms with Crippen LogP contribution in [0.3, 0.4) is 0 Å². The summed E-state index contributed by atoms with van der Waals surface area (Å²) in [4.78, 5) is 23.8. The number of thiophene rings is 1. The summed E-state index contributed by atoms with van der Waals surface area (Å²) in [5, 5.41) is 5.93. The van der Waals surface area contributed by atoms with Crippen LogP contribution >= 0.6 is 11.3 Å². The van der Waals surface area contributed by atoms with Crippen molar-refractivity contribution in [3.63, 3.8) is 0 Å². The van der Waals surface area contributed by atoms with Crippen LogP contribution in [0.1, 0.15) is 6.42 Å². The molecular weight excluding hydrogens is 376 g/mol. The Labute approximate surface area is 168 Å². The standard InChI is InChI=1S/C20H24N4O3S/c1-24(11-17(25)21-9-4-10-26-2)19-18-16(12-28-20(18)23-13-22-19)14-5-7-15(27-3)8-6-14/h5-8,12-13H,4,9-11H2,1-3H3,(H,21,25). The van der Waals surface area contributed by atoms with Crippen molar-refractivity contribution in [2.75, 3.05) is 45.9 Å². The summed E-state index contributed by atoms with van der Waals surface area (Å²) >= 11 is 1.57. The molecule has 0 atom stereocenters. The molecule has 0 aliphatic rings. The van der Waals surface area contributed by atoms with Gasteiger partial charge in [-0.15, -0.1) is 11.3 Å². The Morgan fingerprint density at radius 2 is 2.00 bits per heavy atom. The van der Waals surface area contributed by atoms with Gasteiger partial charge in [-0.1, -0.05) is 12.1 Å². The zero-order valence-corrected chi connectivity index (χ0v) is 17.1. The third kappa shape index (κ3) is 4.58. The SMILES string of the molecule is COCCCNC(=O)CN(C)c1ncnc2scc(-c3ccc(OC)cc3)c12. The van der Waals surface area contributed by atoms with E-state index < -0.39 is 0 Å². The maximum absolute atomic E-state index is 12.2. The van der Waals surface area contributed by atoms with Gasteiger partial charge in [-0.25, -0.2) is 9.97 Å². The summed E-state index contributed by atoms with van der Waals surface area (Å²) < 4.78 is 10.2. The first kappa shape index (κ1) is 20.0. The van der Waals surface area contributed by atoms with Gasteiger partial charge in [0.25, 0.3) is 0 Å². The Morgan fingerprint density at radius 1 is 1.21 bits per heavy atom. The molecule has 0 spiro atoms. The van der Waals surface area contributed by atoms with Gasteiger partial charge in [0, 0.05) is 38.3 Å². The molecule has 2 aromatic heterocycles. The third-order valence-corrected chi connectivity index (χ3v) is 5.23. The molecule has 7 nitrogen and oxygen atoms in total. The topological polar surface area (TPSA) is 76.6 Å². The maximum Gasteiger partial charge on any atom is 0.239 e. The lowest BCUT2D eigenvalue weighted by molar-refractivity contribution is -0.119. The van der Waals surface area contributed by atoms with Crippen molar-refractivity contribution in [2.45, 2.75) is 6.42 Å². The van der Waals surface area contributed by atoms with Crippen LogP contribution in [-0.2, 0) is 9.53 Å². The van der Waals surface area contributed by atoms with Crippen molar-refractivity contribution in [2.24, 2.45) is 0 Å². The number of rotatable bonds is 9. The number of amides is 1. The van der Waals surface area contributed by atoms with Crippen LogP contribution in [0.4, 0.5) is 5.82 Å². The second-order valence-corrected chi connectivity index (χ2v) is 7.17. The number of hydrogen-bond donors (Lipinski definition) is 1. The Balaban J connectivity index is 1.82. The molecule has 1 amide bonds. The Morgan fingerprint density at radius 3 is 2.71 bits per heavy atom. The van der Waals surface area contributed by atoms with Crippen LogP contribution in [0.5, 0.6) is 5.75 Å². The van der Waals surface area contributed by atoms with Crippen molar-refractivity contribution in [3.8, 4) is 16.9 Å². The van der Waals surface area contributed by atoms with E-state index in [0.717, 1.165) is 39.3 Å². The molecule has 0 saturated carbocycles.